The lowest BCUT2D eigenvalue weighted by Crippen LogP contribution is -2.36. The van der Waals surface area contributed by atoms with Crippen molar-refractivity contribution in [2.75, 3.05) is 19.7 Å². The van der Waals surface area contributed by atoms with Gasteiger partial charge in [0.25, 0.3) is 0 Å². The fourth-order valence-corrected chi connectivity index (χ4v) is 3.13. The van der Waals surface area contributed by atoms with E-state index < -0.39 is 6.10 Å². The van der Waals surface area contributed by atoms with Crippen molar-refractivity contribution in [1.82, 2.24) is 5.32 Å². The Labute approximate surface area is 132 Å². The Morgan fingerprint density at radius 2 is 2.10 bits per heavy atom. The molecule has 0 bridgehead atoms. The second-order valence-corrected chi connectivity index (χ2v) is 6.48. The van der Waals surface area contributed by atoms with E-state index in [4.69, 9.17) is 16.3 Å². The lowest BCUT2D eigenvalue weighted by Gasteiger charge is -2.29. The number of aliphatic hydroxyl groups is 1. The van der Waals surface area contributed by atoms with Crippen LogP contribution < -0.4 is 10.1 Å². The Hall–Kier alpha value is -0.770. The van der Waals surface area contributed by atoms with E-state index in [1.54, 1.807) is 6.07 Å². The molecule has 1 aromatic rings. The lowest BCUT2D eigenvalue weighted by atomic mass is 9.80. The van der Waals surface area contributed by atoms with E-state index >= 15 is 0 Å². The molecule has 1 aromatic carbocycles. The van der Waals surface area contributed by atoms with Gasteiger partial charge in [0, 0.05) is 6.54 Å². The fourth-order valence-electron chi connectivity index (χ4n) is 2.94. The number of hydrogen-bond acceptors (Lipinski definition) is 3. The van der Waals surface area contributed by atoms with Gasteiger partial charge in [-0.3, -0.25) is 0 Å². The molecule has 1 saturated carbocycles. The highest BCUT2D eigenvalue weighted by molar-refractivity contribution is 6.32. The summed E-state index contributed by atoms with van der Waals surface area (Å²) in [4.78, 5) is 0. The number of aliphatic hydroxyl groups excluding tert-OH is 1. The van der Waals surface area contributed by atoms with Crippen molar-refractivity contribution in [3.05, 3.63) is 29.3 Å². The first-order valence-electron chi connectivity index (χ1n) is 7.93. The van der Waals surface area contributed by atoms with Crippen LogP contribution in [-0.4, -0.2) is 30.9 Å². The molecule has 21 heavy (non-hydrogen) atoms. The zero-order valence-electron chi connectivity index (χ0n) is 12.7. The number of para-hydroxylation sites is 1. The van der Waals surface area contributed by atoms with Crippen LogP contribution in [0.2, 0.25) is 5.02 Å². The van der Waals surface area contributed by atoms with Gasteiger partial charge < -0.3 is 15.2 Å². The van der Waals surface area contributed by atoms with Gasteiger partial charge in [0.2, 0.25) is 0 Å². The summed E-state index contributed by atoms with van der Waals surface area (Å²) in [5.41, 5.74) is 0. The number of hydrogen-bond donors (Lipinski definition) is 2. The van der Waals surface area contributed by atoms with Crippen molar-refractivity contribution in [1.29, 1.82) is 0 Å². The Kier molecular flexibility index (Phi) is 6.81. The minimum Gasteiger partial charge on any atom is -0.489 e. The molecule has 3 atom stereocenters. The number of halogens is 1. The highest BCUT2D eigenvalue weighted by Crippen LogP contribution is 2.28. The molecule has 1 aliphatic rings. The Morgan fingerprint density at radius 1 is 1.33 bits per heavy atom. The molecule has 3 nitrogen and oxygen atoms in total. The molecular weight excluding hydrogens is 286 g/mol. The number of rotatable bonds is 7. The summed E-state index contributed by atoms with van der Waals surface area (Å²) in [6.45, 7) is 4.15. The van der Waals surface area contributed by atoms with E-state index in [-0.39, 0.29) is 6.61 Å². The predicted octanol–water partition coefficient (Wildman–Crippen LogP) is 3.50. The van der Waals surface area contributed by atoms with Crippen LogP contribution in [0.1, 0.15) is 32.6 Å². The highest BCUT2D eigenvalue weighted by atomic mass is 35.5. The van der Waals surface area contributed by atoms with Gasteiger partial charge in [0.1, 0.15) is 18.5 Å². The monoisotopic (exact) mass is 311 g/mol. The molecule has 1 fully saturated rings. The quantitative estimate of drug-likeness (QED) is 0.810. The molecule has 4 heteroatoms. The molecule has 2 rings (SSSR count). The topological polar surface area (TPSA) is 41.5 Å². The predicted molar refractivity (Wildman–Crippen MR) is 86.9 cm³/mol. The summed E-state index contributed by atoms with van der Waals surface area (Å²) in [6, 6.07) is 7.33. The maximum Gasteiger partial charge on any atom is 0.138 e. The first-order chi connectivity index (χ1) is 10.2. The van der Waals surface area contributed by atoms with Gasteiger partial charge in [-0.05, 0) is 36.9 Å². The van der Waals surface area contributed by atoms with Crippen molar-refractivity contribution in [3.8, 4) is 5.75 Å². The third-order valence-electron chi connectivity index (χ3n) is 4.34. The first kappa shape index (κ1) is 16.6. The van der Waals surface area contributed by atoms with E-state index in [9.17, 15) is 5.11 Å². The van der Waals surface area contributed by atoms with Crippen molar-refractivity contribution < 1.29 is 9.84 Å². The van der Waals surface area contributed by atoms with Gasteiger partial charge in [0.15, 0.2) is 0 Å². The molecule has 0 spiro atoms. The van der Waals surface area contributed by atoms with Crippen molar-refractivity contribution in [3.63, 3.8) is 0 Å². The molecule has 1 aliphatic carbocycles. The minimum atomic E-state index is -0.514. The maximum atomic E-state index is 9.97. The van der Waals surface area contributed by atoms with Crippen LogP contribution in [0.15, 0.2) is 24.3 Å². The summed E-state index contributed by atoms with van der Waals surface area (Å²) < 4.78 is 5.54. The van der Waals surface area contributed by atoms with Gasteiger partial charge >= 0.3 is 0 Å². The SMILES string of the molecule is CC1CCCCC1CNCC(O)COc1ccccc1Cl. The molecular formula is C17H26ClNO2. The van der Waals surface area contributed by atoms with Gasteiger partial charge in [-0.25, -0.2) is 0 Å². The summed E-state index contributed by atoms with van der Waals surface area (Å²) >= 11 is 6.01. The van der Waals surface area contributed by atoms with E-state index in [0.29, 0.717) is 17.3 Å². The zero-order chi connectivity index (χ0) is 15.1. The third kappa shape index (κ3) is 5.50. The second-order valence-electron chi connectivity index (χ2n) is 6.08. The zero-order valence-corrected chi connectivity index (χ0v) is 13.5. The molecule has 0 aromatic heterocycles. The van der Waals surface area contributed by atoms with Crippen LogP contribution in [0.4, 0.5) is 0 Å². The van der Waals surface area contributed by atoms with Crippen molar-refractivity contribution in [2.24, 2.45) is 11.8 Å². The van der Waals surface area contributed by atoms with E-state index in [1.165, 1.54) is 25.7 Å². The summed E-state index contributed by atoms with van der Waals surface area (Å²) in [6.07, 6.45) is 4.84. The number of ether oxygens (including phenoxy) is 1. The van der Waals surface area contributed by atoms with Crippen LogP contribution >= 0.6 is 11.6 Å². The number of nitrogens with one attached hydrogen (secondary N) is 1. The molecule has 0 aliphatic heterocycles. The Balaban J connectivity index is 1.63. The van der Waals surface area contributed by atoms with Gasteiger partial charge in [0.05, 0.1) is 5.02 Å². The van der Waals surface area contributed by atoms with Crippen LogP contribution in [0, 0.1) is 11.8 Å². The molecule has 0 amide bonds. The summed E-state index contributed by atoms with van der Waals surface area (Å²) in [5, 5.41) is 13.9. The second kappa shape index (κ2) is 8.62. The summed E-state index contributed by atoms with van der Waals surface area (Å²) in [5.74, 6) is 2.16. The number of benzene rings is 1. The van der Waals surface area contributed by atoms with Crippen LogP contribution in [-0.2, 0) is 0 Å². The third-order valence-corrected chi connectivity index (χ3v) is 4.66. The molecule has 0 heterocycles. The molecule has 3 unspecified atom stereocenters. The van der Waals surface area contributed by atoms with Gasteiger partial charge in [-0.15, -0.1) is 0 Å². The van der Waals surface area contributed by atoms with E-state index in [0.717, 1.165) is 18.4 Å². The molecule has 118 valence electrons. The summed E-state index contributed by atoms with van der Waals surface area (Å²) in [7, 11) is 0. The molecule has 2 N–H and O–H groups in total. The maximum absolute atomic E-state index is 9.97. The van der Waals surface area contributed by atoms with Gasteiger partial charge in [-0.1, -0.05) is 49.9 Å². The average Bonchev–Trinajstić information content (AvgIpc) is 2.48. The standard InChI is InChI=1S/C17H26ClNO2/c1-13-6-2-3-7-14(13)10-19-11-15(20)12-21-17-9-5-4-8-16(17)18/h4-5,8-9,13-15,19-20H,2-3,6-7,10-12H2,1H3. The highest BCUT2D eigenvalue weighted by Gasteiger charge is 2.20. The Bertz CT molecular complexity index is 427. The van der Waals surface area contributed by atoms with Crippen LogP contribution in [0.25, 0.3) is 0 Å². The average molecular weight is 312 g/mol. The van der Waals surface area contributed by atoms with Gasteiger partial charge in [-0.2, -0.15) is 0 Å². The first-order valence-corrected chi connectivity index (χ1v) is 8.30. The van der Waals surface area contributed by atoms with Crippen LogP contribution in [0.3, 0.4) is 0 Å². The smallest absolute Gasteiger partial charge is 0.138 e. The minimum absolute atomic E-state index is 0.261. The molecule has 0 radical (unpaired) electrons. The lowest BCUT2D eigenvalue weighted by molar-refractivity contribution is 0.103. The van der Waals surface area contributed by atoms with E-state index in [2.05, 4.69) is 12.2 Å². The Morgan fingerprint density at radius 3 is 2.86 bits per heavy atom. The fraction of sp³-hybridized carbons (Fsp3) is 0.647. The van der Waals surface area contributed by atoms with E-state index in [1.807, 2.05) is 18.2 Å². The largest absolute Gasteiger partial charge is 0.489 e. The van der Waals surface area contributed by atoms with Crippen molar-refractivity contribution >= 4 is 11.6 Å². The van der Waals surface area contributed by atoms with Crippen molar-refractivity contribution in [2.45, 2.75) is 38.7 Å². The van der Waals surface area contributed by atoms with Crippen LogP contribution in [0.5, 0.6) is 5.75 Å². The molecule has 0 saturated heterocycles. The normalized spacial score (nSPS) is 23.8.